The summed E-state index contributed by atoms with van der Waals surface area (Å²) in [5.74, 6) is 0.690. The average molecular weight is 428 g/mol. The molecule has 1 atom stereocenters. The predicted octanol–water partition coefficient (Wildman–Crippen LogP) is 5.37. The second-order valence-corrected chi connectivity index (χ2v) is 8.86. The number of hydrogen-bond acceptors (Lipinski definition) is 4. The largest absolute Gasteiger partial charge is 0.484 e. The maximum Gasteiger partial charge on any atom is 0.277 e. The van der Waals surface area contributed by atoms with Gasteiger partial charge in [-0.1, -0.05) is 37.6 Å². The molecule has 6 heteroatoms. The van der Waals surface area contributed by atoms with E-state index in [9.17, 15) is 4.79 Å². The lowest BCUT2D eigenvalue weighted by atomic mass is 9.79. The summed E-state index contributed by atoms with van der Waals surface area (Å²) < 4.78 is 5.42. The van der Waals surface area contributed by atoms with Crippen molar-refractivity contribution in [3.8, 4) is 5.75 Å². The number of nitrogens with one attached hydrogen (secondary N) is 1. The summed E-state index contributed by atoms with van der Waals surface area (Å²) in [6, 6.07) is 13.3. The number of fused-ring (bicyclic) bond motifs is 1. The number of halogens is 1. The van der Waals surface area contributed by atoms with Gasteiger partial charge in [-0.2, -0.15) is 5.10 Å². The molecule has 1 amide bonds. The second-order valence-electron chi connectivity index (χ2n) is 8.43. The van der Waals surface area contributed by atoms with Crippen LogP contribution in [-0.4, -0.2) is 30.8 Å². The molecule has 5 nitrogen and oxygen atoms in total. The predicted molar refractivity (Wildman–Crippen MR) is 124 cm³/mol. The van der Waals surface area contributed by atoms with Gasteiger partial charge in [-0.25, -0.2) is 5.43 Å². The van der Waals surface area contributed by atoms with Crippen molar-refractivity contribution in [1.82, 2.24) is 5.43 Å². The molecule has 160 valence electrons. The number of rotatable bonds is 7. The first kappa shape index (κ1) is 22.2. The molecule has 0 aliphatic carbocycles. The van der Waals surface area contributed by atoms with Crippen LogP contribution in [0.1, 0.15) is 57.6 Å². The molecular formula is C24H30ClN3O2. The summed E-state index contributed by atoms with van der Waals surface area (Å²) in [7, 11) is 0. The summed E-state index contributed by atoms with van der Waals surface area (Å²) >= 11 is 5.91. The minimum absolute atomic E-state index is 0.125. The van der Waals surface area contributed by atoms with Crippen molar-refractivity contribution < 1.29 is 9.53 Å². The van der Waals surface area contributed by atoms with Crippen LogP contribution in [0.5, 0.6) is 5.75 Å². The van der Waals surface area contributed by atoms with E-state index in [1.807, 2.05) is 6.07 Å². The molecule has 1 heterocycles. The van der Waals surface area contributed by atoms with E-state index >= 15 is 0 Å². The lowest BCUT2D eigenvalue weighted by Gasteiger charge is -2.47. The van der Waals surface area contributed by atoms with Crippen molar-refractivity contribution in [2.24, 2.45) is 5.10 Å². The van der Waals surface area contributed by atoms with E-state index < -0.39 is 0 Å². The monoisotopic (exact) mass is 427 g/mol. The molecule has 0 saturated carbocycles. The van der Waals surface area contributed by atoms with E-state index in [2.05, 4.69) is 55.3 Å². The fourth-order valence-electron chi connectivity index (χ4n) is 4.15. The topological polar surface area (TPSA) is 53.9 Å². The minimum atomic E-state index is -0.326. The third kappa shape index (κ3) is 5.33. The Kier molecular flexibility index (Phi) is 7.03. The lowest BCUT2D eigenvalue weighted by molar-refractivity contribution is -0.123. The molecule has 2 aromatic rings. The van der Waals surface area contributed by atoms with E-state index in [0.29, 0.717) is 16.7 Å². The minimum Gasteiger partial charge on any atom is -0.484 e. The van der Waals surface area contributed by atoms with Gasteiger partial charge in [-0.15, -0.1) is 0 Å². The van der Waals surface area contributed by atoms with Crippen molar-refractivity contribution in [2.45, 2.75) is 52.0 Å². The van der Waals surface area contributed by atoms with Crippen LogP contribution in [0, 0.1) is 0 Å². The van der Waals surface area contributed by atoms with Crippen molar-refractivity contribution in [1.29, 1.82) is 0 Å². The molecule has 3 rings (SSSR count). The number of amides is 1. The molecule has 30 heavy (non-hydrogen) atoms. The first-order valence-corrected chi connectivity index (χ1v) is 10.8. The molecule has 0 radical (unpaired) electrons. The Labute approximate surface area is 184 Å². The number of hydrogen-bond donors (Lipinski definition) is 1. The summed E-state index contributed by atoms with van der Waals surface area (Å²) in [6.07, 6.45) is 3.90. The van der Waals surface area contributed by atoms with Crippen LogP contribution < -0.4 is 15.1 Å². The third-order valence-electron chi connectivity index (χ3n) is 5.43. The molecule has 1 aliphatic heterocycles. The second kappa shape index (κ2) is 9.52. The Morgan fingerprint density at radius 2 is 2.13 bits per heavy atom. The van der Waals surface area contributed by atoms with Crippen LogP contribution in [-0.2, 0) is 4.79 Å². The number of carbonyl (C=O) groups excluding carboxylic acids is 1. The Morgan fingerprint density at radius 1 is 1.33 bits per heavy atom. The van der Waals surface area contributed by atoms with E-state index in [-0.39, 0.29) is 18.1 Å². The number of carbonyl (C=O) groups is 1. The highest BCUT2D eigenvalue weighted by Crippen LogP contribution is 2.43. The summed E-state index contributed by atoms with van der Waals surface area (Å²) in [5.41, 5.74) is 6.26. The van der Waals surface area contributed by atoms with E-state index in [0.717, 1.165) is 24.9 Å². The van der Waals surface area contributed by atoms with Crippen LogP contribution in [0.25, 0.3) is 0 Å². The fourth-order valence-corrected chi connectivity index (χ4v) is 4.33. The first-order valence-electron chi connectivity index (χ1n) is 10.4. The highest BCUT2D eigenvalue weighted by molar-refractivity contribution is 6.30. The Hall–Kier alpha value is -2.53. The van der Waals surface area contributed by atoms with E-state index in [1.54, 1.807) is 30.5 Å². The number of benzene rings is 2. The number of anilines is 1. The number of nitrogens with zero attached hydrogens (tertiary/aromatic N) is 2. The van der Waals surface area contributed by atoms with Gasteiger partial charge in [0.2, 0.25) is 0 Å². The van der Waals surface area contributed by atoms with E-state index in [1.165, 1.54) is 11.3 Å². The zero-order valence-corrected chi connectivity index (χ0v) is 18.9. The van der Waals surface area contributed by atoms with Gasteiger partial charge in [0.05, 0.1) is 6.21 Å². The fraction of sp³-hybridized carbons (Fsp3) is 0.417. The lowest BCUT2D eigenvalue weighted by Crippen LogP contribution is -2.48. The molecule has 0 aromatic heterocycles. The van der Waals surface area contributed by atoms with Gasteiger partial charge >= 0.3 is 0 Å². The smallest absolute Gasteiger partial charge is 0.277 e. The zero-order valence-electron chi connectivity index (χ0n) is 18.1. The molecule has 0 bridgehead atoms. The molecular weight excluding hydrogens is 398 g/mol. The molecule has 2 aromatic carbocycles. The molecule has 0 spiro atoms. The number of ether oxygens (including phenoxy) is 1. The molecule has 0 fully saturated rings. The van der Waals surface area contributed by atoms with Crippen LogP contribution in [0.2, 0.25) is 5.02 Å². The van der Waals surface area contributed by atoms with Crippen molar-refractivity contribution in [3.05, 3.63) is 58.6 Å². The Balaban J connectivity index is 1.62. The number of hydrazone groups is 1. The molecule has 1 unspecified atom stereocenters. The molecule has 1 N–H and O–H groups in total. The quantitative estimate of drug-likeness (QED) is 0.477. The summed E-state index contributed by atoms with van der Waals surface area (Å²) in [4.78, 5) is 14.5. The van der Waals surface area contributed by atoms with Crippen molar-refractivity contribution >= 4 is 29.4 Å². The van der Waals surface area contributed by atoms with Crippen LogP contribution in [0.3, 0.4) is 0 Å². The Morgan fingerprint density at radius 3 is 2.87 bits per heavy atom. The normalized spacial score (nSPS) is 17.6. The van der Waals surface area contributed by atoms with Crippen LogP contribution >= 0.6 is 11.6 Å². The highest BCUT2D eigenvalue weighted by atomic mass is 35.5. The van der Waals surface area contributed by atoms with Gasteiger partial charge in [0, 0.05) is 22.8 Å². The standard InChI is InChI=1S/C24H30ClN3O2/c1-5-11-28-22-10-9-18(12-21(22)17(2)14-24(28,3)4)15-26-27-23(29)16-30-20-8-6-7-19(25)13-20/h6-10,12-13,15,17H,5,11,14,16H2,1-4H3,(H,27,29)/b26-15+. The highest BCUT2D eigenvalue weighted by Gasteiger charge is 2.35. The van der Waals surface area contributed by atoms with Crippen LogP contribution in [0.4, 0.5) is 5.69 Å². The van der Waals surface area contributed by atoms with Crippen molar-refractivity contribution in [3.63, 3.8) is 0 Å². The first-order chi connectivity index (χ1) is 14.3. The molecule has 1 aliphatic rings. The Bertz CT molecular complexity index is 926. The summed E-state index contributed by atoms with van der Waals surface area (Å²) in [5, 5.41) is 4.65. The maximum atomic E-state index is 12.0. The van der Waals surface area contributed by atoms with E-state index in [4.69, 9.17) is 16.3 Å². The average Bonchev–Trinajstić information content (AvgIpc) is 2.69. The van der Waals surface area contributed by atoms with Gasteiger partial charge in [0.25, 0.3) is 5.91 Å². The van der Waals surface area contributed by atoms with Gasteiger partial charge < -0.3 is 9.64 Å². The zero-order chi connectivity index (χ0) is 21.7. The van der Waals surface area contributed by atoms with Crippen LogP contribution in [0.15, 0.2) is 47.6 Å². The van der Waals surface area contributed by atoms with Gasteiger partial charge in [0.1, 0.15) is 5.75 Å². The third-order valence-corrected chi connectivity index (χ3v) is 5.66. The van der Waals surface area contributed by atoms with Gasteiger partial charge in [-0.05, 0) is 74.1 Å². The maximum absolute atomic E-state index is 12.0. The SMILES string of the molecule is CCCN1c2ccc(/C=N/NC(=O)COc3cccc(Cl)c3)cc2C(C)CC1(C)C. The van der Waals surface area contributed by atoms with Gasteiger partial charge in [0.15, 0.2) is 6.61 Å². The van der Waals surface area contributed by atoms with Gasteiger partial charge in [-0.3, -0.25) is 4.79 Å². The van der Waals surface area contributed by atoms with Crippen molar-refractivity contribution in [2.75, 3.05) is 18.1 Å². The molecule has 0 saturated heterocycles. The summed E-state index contributed by atoms with van der Waals surface area (Å²) in [6.45, 7) is 10.0.